The van der Waals surface area contributed by atoms with Gasteiger partial charge in [-0.05, 0) is 32.6 Å². The first-order valence-corrected chi connectivity index (χ1v) is 6.23. The van der Waals surface area contributed by atoms with Crippen LogP contribution in [0.3, 0.4) is 0 Å². The molecule has 0 aliphatic heterocycles. The highest BCUT2D eigenvalue weighted by Gasteiger charge is 2.63. The number of hydrogen-bond donors (Lipinski definition) is 0. The van der Waals surface area contributed by atoms with E-state index in [1.54, 1.807) is 13.8 Å². The summed E-state index contributed by atoms with van der Waals surface area (Å²) in [5.74, 6) is -4.86. The summed E-state index contributed by atoms with van der Waals surface area (Å²) < 4.78 is 68.2. The van der Waals surface area contributed by atoms with E-state index in [-0.39, 0.29) is 12.0 Å². The molecule has 1 saturated carbocycles. The molecule has 1 fully saturated rings. The van der Waals surface area contributed by atoms with Gasteiger partial charge in [0.25, 0.3) is 5.92 Å². The van der Waals surface area contributed by atoms with Crippen LogP contribution in [0.2, 0.25) is 0 Å². The van der Waals surface area contributed by atoms with Gasteiger partial charge in [-0.15, -0.1) is 0 Å². The summed E-state index contributed by atoms with van der Waals surface area (Å²) in [6.45, 7) is 3.12. The van der Waals surface area contributed by atoms with Gasteiger partial charge in [-0.2, -0.15) is 27.1 Å². The molecule has 1 heterocycles. The van der Waals surface area contributed by atoms with Gasteiger partial charge in [-0.1, -0.05) is 0 Å². The lowest BCUT2D eigenvalue weighted by Crippen LogP contribution is -2.33. The molecule has 19 heavy (non-hydrogen) atoms. The Bertz CT molecular complexity index is 529. The van der Waals surface area contributed by atoms with Crippen LogP contribution in [0, 0.1) is 5.92 Å². The van der Waals surface area contributed by atoms with E-state index in [2.05, 4.69) is 5.10 Å². The van der Waals surface area contributed by atoms with E-state index < -0.39 is 41.4 Å². The Morgan fingerprint density at radius 1 is 1.26 bits per heavy atom. The van der Waals surface area contributed by atoms with Crippen LogP contribution in [0.5, 0.6) is 0 Å². The molecule has 3 rings (SSSR count). The number of alkyl halides is 5. The predicted octanol–water partition coefficient (Wildman–Crippen LogP) is 4.08. The summed E-state index contributed by atoms with van der Waals surface area (Å²) in [6, 6.07) is -0.520. The maximum atomic E-state index is 14.2. The molecule has 0 aromatic carbocycles. The van der Waals surface area contributed by atoms with Crippen molar-refractivity contribution < 1.29 is 22.0 Å². The van der Waals surface area contributed by atoms with E-state index in [0.717, 1.165) is 4.68 Å². The summed E-state index contributed by atoms with van der Waals surface area (Å²) in [7, 11) is 0. The molecule has 0 unspecified atom stereocenters. The Morgan fingerprint density at radius 3 is 2.32 bits per heavy atom. The third-order valence-corrected chi connectivity index (χ3v) is 4.13. The zero-order chi connectivity index (χ0) is 14.2. The summed E-state index contributed by atoms with van der Waals surface area (Å²) in [5, 5.41) is 3.43. The molecular formula is C12H13F5N2. The SMILES string of the molecule is CC(C)n1nc(C(F)(F)F)c2c1C(F)(F)[C@@H]1CC[C@H]21. The predicted molar refractivity (Wildman–Crippen MR) is 57.0 cm³/mol. The Balaban J connectivity index is 2.27. The molecule has 0 saturated heterocycles. The summed E-state index contributed by atoms with van der Waals surface area (Å²) >= 11 is 0. The molecule has 0 amide bonds. The molecule has 2 nitrogen and oxygen atoms in total. The minimum absolute atomic E-state index is 0.262. The maximum Gasteiger partial charge on any atom is 0.435 e. The van der Waals surface area contributed by atoms with Gasteiger partial charge in [0.15, 0.2) is 5.69 Å². The average molecular weight is 280 g/mol. The Morgan fingerprint density at radius 2 is 1.89 bits per heavy atom. The standard InChI is InChI=1S/C12H13F5N2/c1-5(2)19-10-8(9(18-19)12(15,16)17)6-3-4-7(6)11(10,13)14/h5-7H,3-4H2,1-2H3/t6-,7+/m0/s1. The largest absolute Gasteiger partial charge is 0.435 e. The fourth-order valence-electron chi connectivity index (χ4n) is 3.17. The van der Waals surface area contributed by atoms with Crippen molar-refractivity contribution in [3.05, 3.63) is 17.0 Å². The molecule has 0 spiro atoms. The minimum Gasteiger partial charge on any atom is -0.260 e. The highest BCUT2D eigenvalue weighted by Crippen LogP contribution is 2.64. The van der Waals surface area contributed by atoms with E-state index in [1.807, 2.05) is 0 Å². The van der Waals surface area contributed by atoms with Crippen LogP contribution in [0.1, 0.15) is 55.6 Å². The summed E-state index contributed by atoms with van der Waals surface area (Å²) in [4.78, 5) is 0. The molecule has 0 radical (unpaired) electrons. The van der Waals surface area contributed by atoms with Crippen LogP contribution < -0.4 is 0 Å². The maximum absolute atomic E-state index is 14.2. The lowest BCUT2D eigenvalue weighted by molar-refractivity contribution is -0.143. The zero-order valence-electron chi connectivity index (χ0n) is 10.4. The Kier molecular flexibility index (Phi) is 2.36. The minimum atomic E-state index is -4.68. The number of fused-ring (bicyclic) bond motifs is 3. The number of aromatic nitrogens is 2. The molecule has 2 aliphatic rings. The fraction of sp³-hybridized carbons (Fsp3) is 0.750. The first kappa shape index (κ1) is 12.9. The van der Waals surface area contributed by atoms with Crippen molar-refractivity contribution in [2.75, 3.05) is 0 Å². The molecule has 2 aliphatic carbocycles. The highest BCUT2D eigenvalue weighted by molar-refractivity contribution is 5.44. The number of halogens is 5. The van der Waals surface area contributed by atoms with Crippen molar-refractivity contribution in [3.8, 4) is 0 Å². The van der Waals surface area contributed by atoms with Crippen LogP contribution in [0.4, 0.5) is 22.0 Å². The van der Waals surface area contributed by atoms with Crippen molar-refractivity contribution in [1.29, 1.82) is 0 Å². The van der Waals surface area contributed by atoms with E-state index in [1.165, 1.54) is 0 Å². The van der Waals surface area contributed by atoms with E-state index in [0.29, 0.717) is 6.42 Å². The van der Waals surface area contributed by atoms with E-state index >= 15 is 0 Å². The van der Waals surface area contributed by atoms with Crippen LogP contribution in [-0.4, -0.2) is 9.78 Å². The third-order valence-electron chi connectivity index (χ3n) is 4.13. The monoisotopic (exact) mass is 280 g/mol. The summed E-state index contributed by atoms with van der Waals surface area (Å²) in [6.07, 6.45) is -4.01. The molecule has 0 N–H and O–H groups in total. The second kappa shape index (κ2) is 3.49. The molecule has 1 aromatic rings. The van der Waals surface area contributed by atoms with Gasteiger partial charge < -0.3 is 0 Å². The Labute approximate surface area is 106 Å². The molecule has 7 heteroatoms. The molecular weight excluding hydrogens is 267 g/mol. The third kappa shape index (κ3) is 1.50. The topological polar surface area (TPSA) is 17.8 Å². The number of nitrogens with zero attached hydrogens (tertiary/aromatic N) is 2. The van der Waals surface area contributed by atoms with Crippen molar-refractivity contribution in [3.63, 3.8) is 0 Å². The van der Waals surface area contributed by atoms with Crippen LogP contribution in [0.25, 0.3) is 0 Å². The Hall–Kier alpha value is -1.14. The highest BCUT2D eigenvalue weighted by atomic mass is 19.4. The molecule has 2 atom stereocenters. The van der Waals surface area contributed by atoms with Crippen molar-refractivity contribution in [1.82, 2.24) is 9.78 Å². The van der Waals surface area contributed by atoms with Crippen molar-refractivity contribution in [2.45, 2.75) is 50.7 Å². The van der Waals surface area contributed by atoms with Gasteiger partial charge in [0.2, 0.25) is 0 Å². The second-order valence-electron chi connectivity index (χ2n) is 5.56. The van der Waals surface area contributed by atoms with Crippen LogP contribution in [-0.2, 0) is 12.1 Å². The van der Waals surface area contributed by atoms with Gasteiger partial charge in [0.05, 0.1) is 0 Å². The van der Waals surface area contributed by atoms with Gasteiger partial charge in [-0.3, -0.25) is 4.68 Å². The first-order chi connectivity index (χ1) is 8.65. The average Bonchev–Trinajstić information content (AvgIpc) is 2.59. The first-order valence-electron chi connectivity index (χ1n) is 6.23. The normalized spacial score (nSPS) is 28.2. The van der Waals surface area contributed by atoms with Gasteiger partial charge in [-0.25, -0.2) is 0 Å². The number of hydrogen-bond acceptors (Lipinski definition) is 1. The molecule has 106 valence electrons. The summed E-state index contributed by atoms with van der Waals surface area (Å²) in [5.41, 5.74) is -1.90. The van der Waals surface area contributed by atoms with Crippen LogP contribution >= 0.6 is 0 Å². The fourth-order valence-corrected chi connectivity index (χ4v) is 3.17. The molecule has 0 bridgehead atoms. The van der Waals surface area contributed by atoms with Gasteiger partial charge >= 0.3 is 6.18 Å². The smallest absolute Gasteiger partial charge is 0.260 e. The quantitative estimate of drug-likeness (QED) is 0.709. The van der Waals surface area contributed by atoms with Crippen molar-refractivity contribution >= 4 is 0 Å². The lowest BCUT2D eigenvalue weighted by Gasteiger charge is -2.34. The zero-order valence-corrected chi connectivity index (χ0v) is 10.4. The molecule has 1 aromatic heterocycles. The van der Waals surface area contributed by atoms with Gasteiger partial charge in [0.1, 0.15) is 5.69 Å². The van der Waals surface area contributed by atoms with Gasteiger partial charge in [0, 0.05) is 17.5 Å². The lowest BCUT2D eigenvalue weighted by atomic mass is 9.73. The second-order valence-corrected chi connectivity index (χ2v) is 5.56. The van der Waals surface area contributed by atoms with E-state index in [9.17, 15) is 22.0 Å². The van der Waals surface area contributed by atoms with Crippen LogP contribution in [0.15, 0.2) is 0 Å². The van der Waals surface area contributed by atoms with Crippen molar-refractivity contribution in [2.24, 2.45) is 5.92 Å². The number of rotatable bonds is 1. The van der Waals surface area contributed by atoms with E-state index in [4.69, 9.17) is 0 Å².